The van der Waals surface area contributed by atoms with E-state index in [1.54, 1.807) is 21.1 Å². The molecular formula is C18H17NO3. The average molecular weight is 295 g/mol. The third-order valence-corrected chi connectivity index (χ3v) is 3.74. The molecule has 1 heterocycles. The van der Waals surface area contributed by atoms with Crippen LogP contribution in [0.25, 0.3) is 16.6 Å². The number of rotatable bonds is 4. The van der Waals surface area contributed by atoms with Crippen molar-refractivity contribution in [2.24, 2.45) is 0 Å². The summed E-state index contributed by atoms with van der Waals surface area (Å²) in [5, 5.41) is 0.920. The van der Waals surface area contributed by atoms with Gasteiger partial charge >= 0.3 is 0 Å². The Hall–Kier alpha value is -2.75. The summed E-state index contributed by atoms with van der Waals surface area (Å²) in [6, 6.07) is 13.4. The van der Waals surface area contributed by atoms with Crippen LogP contribution in [0.4, 0.5) is 0 Å². The zero-order valence-electron chi connectivity index (χ0n) is 12.8. The van der Waals surface area contributed by atoms with Gasteiger partial charge in [0.25, 0.3) is 0 Å². The maximum absolute atomic E-state index is 11.9. The molecule has 2 aromatic carbocycles. The Morgan fingerprint density at radius 1 is 0.955 bits per heavy atom. The topological polar surface area (TPSA) is 40.5 Å². The van der Waals surface area contributed by atoms with Gasteiger partial charge in [0.1, 0.15) is 11.5 Å². The summed E-state index contributed by atoms with van der Waals surface area (Å²) in [4.78, 5) is 11.9. The summed E-state index contributed by atoms with van der Waals surface area (Å²) in [7, 11) is 3.27. The zero-order valence-corrected chi connectivity index (χ0v) is 12.8. The maximum atomic E-state index is 11.9. The molecule has 0 aliphatic rings. The van der Waals surface area contributed by atoms with Crippen molar-refractivity contribution in [3.63, 3.8) is 0 Å². The van der Waals surface area contributed by atoms with Gasteiger partial charge in [-0.3, -0.25) is 4.79 Å². The van der Waals surface area contributed by atoms with Crippen molar-refractivity contribution in [2.45, 2.75) is 6.92 Å². The third-order valence-electron chi connectivity index (χ3n) is 3.74. The molecule has 3 rings (SSSR count). The predicted molar refractivity (Wildman–Crippen MR) is 86.4 cm³/mol. The predicted octanol–water partition coefficient (Wildman–Crippen LogP) is 3.85. The molecule has 0 saturated carbocycles. The van der Waals surface area contributed by atoms with Gasteiger partial charge in [-0.15, -0.1) is 0 Å². The molecule has 1 aromatic heterocycles. The van der Waals surface area contributed by atoms with E-state index < -0.39 is 0 Å². The number of ketones is 1. The van der Waals surface area contributed by atoms with Gasteiger partial charge in [-0.25, -0.2) is 0 Å². The lowest BCUT2D eigenvalue weighted by Gasteiger charge is -2.07. The van der Waals surface area contributed by atoms with Crippen LogP contribution in [0.3, 0.4) is 0 Å². The quantitative estimate of drug-likeness (QED) is 0.686. The number of Topliss-reactive ketones (excluding diaryl/α,β-unsaturated/α-hetero) is 1. The van der Waals surface area contributed by atoms with E-state index >= 15 is 0 Å². The van der Waals surface area contributed by atoms with Crippen molar-refractivity contribution < 1.29 is 14.3 Å². The van der Waals surface area contributed by atoms with Gasteiger partial charge in [0.05, 0.1) is 19.7 Å². The molecule has 0 saturated heterocycles. The number of benzene rings is 2. The molecular weight excluding hydrogens is 278 g/mol. The third kappa shape index (κ3) is 2.33. The Balaban J connectivity index is 2.24. The molecule has 3 aromatic rings. The highest BCUT2D eigenvalue weighted by molar-refractivity contribution is 6.07. The van der Waals surface area contributed by atoms with E-state index in [1.807, 2.05) is 53.2 Å². The van der Waals surface area contributed by atoms with Gasteiger partial charge in [0.2, 0.25) is 0 Å². The first-order valence-electron chi connectivity index (χ1n) is 6.98. The fourth-order valence-electron chi connectivity index (χ4n) is 2.57. The summed E-state index contributed by atoms with van der Waals surface area (Å²) in [5.74, 6) is 1.60. The molecule has 0 fully saturated rings. The second-order valence-electron chi connectivity index (χ2n) is 5.05. The van der Waals surface area contributed by atoms with Crippen LogP contribution in [-0.2, 0) is 0 Å². The SMILES string of the molecule is COc1ccc(-n2cc(C(C)=O)c3ccc(OC)cc32)cc1. The molecule has 0 bridgehead atoms. The van der Waals surface area contributed by atoms with Crippen LogP contribution < -0.4 is 9.47 Å². The van der Waals surface area contributed by atoms with Crippen LogP contribution in [0.5, 0.6) is 11.5 Å². The highest BCUT2D eigenvalue weighted by Crippen LogP contribution is 2.29. The van der Waals surface area contributed by atoms with Gasteiger partial charge < -0.3 is 14.0 Å². The number of hydrogen-bond acceptors (Lipinski definition) is 3. The molecule has 22 heavy (non-hydrogen) atoms. The molecule has 112 valence electrons. The summed E-state index contributed by atoms with van der Waals surface area (Å²) in [6.07, 6.45) is 1.87. The fraction of sp³-hybridized carbons (Fsp3) is 0.167. The Bertz CT molecular complexity index is 831. The lowest BCUT2D eigenvalue weighted by molar-refractivity contribution is 0.101. The van der Waals surface area contributed by atoms with Crippen molar-refractivity contribution >= 4 is 16.7 Å². The van der Waals surface area contributed by atoms with E-state index in [2.05, 4.69) is 0 Å². The number of hydrogen-bond donors (Lipinski definition) is 0. The highest BCUT2D eigenvalue weighted by Gasteiger charge is 2.14. The van der Waals surface area contributed by atoms with Crippen LogP contribution in [0.2, 0.25) is 0 Å². The van der Waals surface area contributed by atoms with Crippen molar-refractivity contribution in [2.75, 3.05) is 14.2 Å². The fourth-order valence-corrected chi connectivity index (χ4v) is 2.57. The van der Waals surface area contributed by atoms with E-state index in [4.69, 9.17) is 9.47 Å². The van der Waals surface area contributed by atoms with Gasteiger partial charge in [0.15, 0.2) is 5.78 Å². The number of fused-ring (bicyclic) bond motifs is 1. The van der Waals surface area contributed by atoms with E-state index in [9.17, 15) is 4.79 Å². The molecule has 0 unspecified atom stereocenters. The van der Waals surface area contributed by atoms with Crippen LogP contribution in [0, 0.1) is 0 Å². The van der Waals surface area contributed by atoms with Crippen LogP contribution in [0.15, 0.2) is 48.7 Å². The average Bonchev–Trinajstić information content (AvgIpc) is 2.93. The van der Waals surface area contributed by atoms with Crippen molar-refractivity contribution in [1.82, 2.24) is 4.57 Å². The summed E-state index contributed by atoms with van der Waals surface area (Å²) in [5.41, 5.74) is 2.61. The second-order valence-corrected chi connectivity index (χ2v) is 5.05. The Morgan fingerprint density at radius 3 is 2.18 bits per heavy atom. The van der Waals surface area contributed by atoms with E-state index in [0.29, 0.717) is 5.56 Å². The Labute approximate surface area is 128 Å². The molecule has 0 aliphatic heterocycles. The molecule has 4 nitrogen and oxygen atoms in total. The molecule has 0 N–H and O–H groups in total. The van der Waals surface area contributed by atoms with Crippen molar-refractivity contribution in [3.8, 4) is 17.2 Å². The standard InChI is InChI=1S/C18H17NO3/c1-12(20)17-11-19(13-4-6-14(21-2)7-5-13)18-10-15(22-3)8-9-16(17)18/h4-11H,1-3H3. The van der Waals surface area contributed by atoms with E-state index in [1.165, 1.54) is 0 Å². The van der Waals surface area contributed by atoms with Crippen molar-refractivity contribution in [3.05, 3.63) is 54.2 Å². The minimum atomic E-state index is 0.0439. The first-order valence-corrected chi connectivity index (χ1v) is 6.98. The largest absolute Gasteiger partial charge is 0.497 e. The van der Waals surface area contributed by atoms with Gasteiger partial charge in [-0.05, 0) is 43.3 Å². The van der Waals surface area contributed by atoms with E-state index in [0.717, 1.165) is 28.1 Å². The van der Waals surface area contributed by atoms with Crippen molar-refractivity contribution in [1.29, 1.82) is 0 Å². The first kappa shape index (κ1) is 14.2. The number of methoxy groups -OCH3 is 2. The highest BCUT2D eigenvalue weighted by atomic mass is 16.5. The molecule has 0 atom stereocenters. The first-order chi connectivity index (χ1) is 10.6. The van der Waals surface area contributed by atoms with Gasteiger partial charge in [0, 0.05) is 28.9 Å². The Morgan fingerprint density at radius 2 is 1.59 bits per heavy atom. The van der Waals surface area contributed by atoms with Crippen LogP contribution in [0.1, 0.15) is 17.3 Å². The monoisotopic (exact) mass is 295 g/mol. The molecule has 0 amide bonds. The van der Waals surface area contributed by atoms with Crippen LogP contribution >= 0.6 is 0 Å². The smallest absolute Gasteiger partial charge is 0.161 e. The molecule has 0 aliphatic carbocycles. The molecule has 0 radical (unpaired) electrons. The van der Waals surface area contributed by atoms with E-state index in [-0.39, 0.29) is 5.78 Å². The van der Waals surface area contributed by atoms with Crippen LogP contribution in [-0.4, -0.2) is 24.6 Å². The summed E-state index contributed by atoms with van der Waals surface area (Å²) < 4.78 is 12.5. The lowest BCUT2D eigenvalue weighted by Crippen LogP contribution is -1.93. The normalized spacial score (nSPS) is 10.7. The number of carbonyl (C=O) groups is 1. The number of nitrogens with zero attached hydrogens (tertiary/aromatic N) is 1. The second kappa shape index (κ2) is 5.56. The maximum Gasteiger partial charge on any atom is 0.161 e. The lowest BCUT2D eigenvalue weighted by atomic mass is 10.1. The molecule has 4 heteroatoms. The molecule has 0 spiro atoms. The summed E-state index contributed by atoms with van der Waals surface area (Å²) in [6.45, 7) is 1.58. The number of ether oxygens (including phenoxy) is 2. The Kier molecular flexibility index (Phi) is 3.59. The minimum absolute atomic E-state index is 0.0439. The van der Waals surface area contributed by atoms with Gasteiger partial charge in [-0.1, -0.05) is 0 Å². The zero-order chi connectivity index (χ0) is 15.7. The summed E-state index contributed by atoms with van der Waals surface area (Å²) >= 11 is 0. The number of aromatic nitrogens is 1. The number of carbonyl (C=O) groups excluding carboxylic acids is 1. The van der Waals surface area contributed by atoms with Gasteiger partial charge in [-0.2, -0.15) is 0 Å². The minimum Gasteiger partial charge on any atom is -0.497 e.